The van der Waals surface area contributed by atoms with E-state index in [1.807, 2.05) is 0 Å². The molecule has 0 atom stereocenters. The summed E-state index contributed by atoms with van der Waals surface area (Å²) in [7, 11) is 0. The van der Waals surface area contributed by atoms with Crippen molar-refractivity contribution in [1.82, 2.24) is 9.88 Å². The summed E-state index contributed by atoms with van der Waals surface area (Å²) in [6.45, 7) is 8.11. The maximum Gasteiger partial charge on any atom is 0.126 e. The summed E-state index contributed by atoms with van der Waals surface area (Å²) < 4.78 is 5.73. The zero-order valence-corrected chi connectivity index (χ0v) is 13.3. The number of ether oxygens (including phenoxy) is 1. The molecule has 1 aromatic heterocycles. The fourth-order valence-corrected chi connectivity index (χ4v) is 3.24. The van der Waals surface area contributed by atoms with Crippen LogP contribution in [0, 0.1) is 6.92 Å². The maximum atomic E-state index is 6.03. The highest BCUT2D eigenvalue weighted by atomic mass is 16.5. The molecule has 0 bridgehead atoms. The van der Waals surface area contributed by atoms with Gasteiger partial charge in [0.2, 0.25) is 0 Å². The van der Waals surface area contributed by atoms with E-state index in [-0.39, 0.29) is 0 Å². The molecule has 2 N–H and O–H groups in total. The first kappa shape index (κ1) is 14.8. The third-order valence-electron chi connectivity index (χ3n) is 4.69. The molecule has 0 radical (unpaired) electrons. The largest absolute Gasteiger partial charge is 0.383 e. The Bertz CT molecular complexity index is 491. The maximum absolute atomic E-state index is 6.03. The number of nitrogens with zero attached hydrogens (tertiary/aromatic N) is 2. The first-order chi connectivity index (χ1) is 10.2. The Morgan fingerprint density at radius 2 is 2.00 bits per heavy atom. The van der Waals surface area contributed by atoms with Crippen molar-refractivity contribution in [2.45, 2.75) is 58.1 Å². The lowest BCUT2D eigenvalue weighted by atomic mass is 10.0. The van der Waals surface area contributed by atoms with Crippen LogP contribution in [-0.2, 0) is 11.3 Å². The van der Waals surface area contributed by atoms with E-state index in [2.05, 4.69) is 29.8 Å². The molecule has 3 rings (SSSR count). The molecule has 2 aliphatic rings. The predicted molar refractivity (Wildman–Crippen MR) is 85.3 cm³/mol. The van der Waals surface area contributed by atoms with Crippen molar-refractivity contribution in [3.8, 4) is 0 Å². The van der Waals surface area contributed by atoms with Gasteiger partial charge < -0.3 is 10.5 Å². The number of piperidine rings is 1. The lowest BCUT2D eigenvalue weighted by molar-refractivity contribution is 0.0122. The van der Waals surface area contributed by atoms with Gasteiger partial charge in [-0.1, -0.05) is 6.07 Å². The lowest BCUT2D eigenvalue weighted by Gasteiger charge is -2.32. The Balaban J connectivity index is 1.66. The lowest BCUT2D eigenvalue weighted by Crippen LogP contribution is -2.37. The highest BCUT2D eigenvalue weighted by Gasteiger charge is 2.28. The Morgan fingerprint density at radius 3 is 2.62 bits per heavy atom. The van der Waals surface area contributed by atoms with Crippen molar-refractivity contribution >= 4 is 5.82 Å². The molecule has 1 aliphatic carbocycles. The fraction of sp³-hybridized carbons (Fsp3) is 0.706. The van der Waals surface area contributed by atoms with E-state index >= 15 is 0 Å². The minimum atomic E-state index is 0.449. The number of pyridine rings is 1. The van der Waals surface area contributed by atoms with Crippen LogP contribution < -0.4 is 5.73 Å². The van der Waals surface area contributed by atoms with Crippen molar-refractivity contribution in [2.75, 3.05) is 25.4 Å². The number of likely N-dealkylation sites (tertiary alicyclic amines) is 1. The summed E-state index contributed by atoms with van der Waals surface area (Å²) in [5, 5.41) is 0. The average molecular weight is 289 g/mol. The molecular weight excluding hydrogens is 262 g/mol. The third-order valence-corrected chi connectivity index (χ3v) is 4.69. The Kier molecular flexibility index (Phi) is 4.45. The molecule has 0 unspecified atom stereocenters. The van der Waals surface area contributed by atoms with Gasteiger partial charge in [0.15, 0.2) is 0 Å². The fourth-order valence-electron chi connectivity index (χ4n) is 3.24. The molecule has 1 saturated carbocycles. The molecule has 0 amide bonds. The van der Waals surface area contributed by atoms with E-state index in [0.717, 1.165) is 50.6 Å². The van der Waals surface area contributed by atoms with Crippen LogP contribution in [0.2, 0.25) is 0 Å². The number of hydrogen-bond acceptors (Lipinski definition) is 4. The van der Waals surface area contributed by atoms with E-state index in [4.69, 9.17) is 10.5 Å². The monoisotopic (exact) mass is 289 g/mol. The van der Waals surface area contributed by atoms with Crippen LogP contribution in [0.25, 0.3) is 0 Å². The number of anilines is 1. The molecule has 0 spiro atoms. The molecule has 1 aliphatic heterocycles. The van der Waals surface area contributed by atoms with Gasteiger partial charge in [-0.3, -0.25) is 4.90 Å². The van der Waals surface area contributed by atoms with Crippen molar-refractivity contribution in [1.29, 1.82) is 0 Å². The van der Waals surface area contributed by atoms with Crippen LogP contribution in [0.15, 0.2) is 6.07 Å². The third kappa shape index (κ3) is 3.55. The minimum absolute atomic E-state index is 0.449. The number of nitrogen functional groups attached to an aromatic ring is 1. The highest BCUT2D eigenvalue weighted by Crippen LogP contribution is 2.42. The summed E-state index contributed by atoms with van der Waals surface area (Å²) in [5.41, 5.74) is 9.79. The molecule has 4 nitrogen and oxygen atoms in total. The summed E-state index contributed by atoms with van der Waals surface area (Å²) >= 11 is 0. The normalized spacial score (nSPS) is 20.9. The number of hydrogen-bond donors (Lipinski definition) is 1. The Labute approximate surface area is 127 Å². The standard InChI is InChI=1S/C17H27N3O/c1-3-21-14-6-8-20(9-7-14)11-16-15(13-4-5-13)10-12(2)17(18)19-16/h10,13-14H,3-9,11H2,1-2H3,(H2,18,19). The van der Waals surface area contributed by atoms with Crippen molar-refractivity contribution < 1.29 is 4.74 Å². The average Bonchev–Trinajstić information content (AvgIpc) is 3.29. The Hall–Kier alpha value is -1.13. The summed E-state index contributed by atoms with van der Waals surface area (Å²) in [6.07, 6.45) is 5.33. The molecule has 1 saturated heterocycles. The van der Waals surface area contributed by atoms with Crippen LogP contribution in [0.5, 0.6) is 0 Å². The zero-order valence-electron chi connectivity index (χ0n) is 13.3. The van der Waals surface area contributed by atoms with E-state index < -0.39 is 0 Å². The minimum Gasteiger partial charge on any atom is -0.383 e. The number of nitrogens with two attached hydrogens (primary N) is 1. The van der Waals surface area contributed by atoms with Crippen LogP contribution in [0.1, 0.15) is 55.3 Å². The van der Waals surface area contributed by atoms with Crippen LogP contribution >= 0.6 is 0 Å². The molecular formula is C17H27N3O. The predicted octanol–water partition coefficient (Wildman–Crippen LogP) is 2.85. The number of rotatable bonds is 5. The van der Waals surface area contributed by atoms with E-state index in [1.54, 1.807) is 0 Å². The first-order valence-electron chi connectivity index (χ1n) is 8.27. The van der Waals surface area contributed by atoms with Gasteiger partial charge in [0.1, 0.15) is 5.82 Å². The van der Waals surface area contributed by atoms with E-state index in [0.29, 0.717) is 11.9 Å². The molecule has 2 heterocycles. The van der Waals surface area contributed by atoms with Crippen molar-refractivity contribution in [2.24, 2.45) is 0 Å². The summed E-state index contributed by atoms with van der Waals surface area (Å²) in [6, 6.07) is 2.27. The summed E-state index contributed by atoms with van der Waals surface area (Å²) in [4.78, 5) is 7.19. The van der Waals surface area contributed by atoms with Gasteiger partial charge in [-0.2, -0.15) is 0 Å². The van der Waals surface area contributed by atoms with E-state index in [1.165, 1.54) is 24.1 Å². The van der Waals surface area contributed by atoms with Gasteiger partial charge in [0.05, 0.1) is 11.8 Å². The van der Waals surface area contributed by atoms with Gasteiger partial charge in [-0.15, -0.1) is 0 Å². The number of aromatic nitrogens is 1. The van der Waals surface area contributed by atoms with Crippen LogP contribution in [-0.4, -0.2) is 35.7 Å². The van der Waals surface area contributed by atoms with Gasteiger partial charge >= 0.3 is 0 Å². The topological polar surface area (TPSA) is 51.4 Å². The van der Waals surface area contributed by atoms with Crippen LogP contribution in [0.3, 0.4) is 0 Å². The highest BCUT2D eigenvalue weighted by molar-refractivity contribution is 5.45. The van der Waals surface area contributed by atoms with Gasteiger partial charge in [-0.05, 0) is 56.6 Å². The van der Waals surface area contributed by atoms with Gasteiger partial charge in [0.25, 0.3) is 0 Å². The van der Waals surface area contributed by atoms with Crippen molar-refractivity contribution in [3.05, 3.63) is 22.9 Å². The number of aryl methyl sites for hydroxylation is 1. The SMILES string of the molecule is CCOC1CCN(Cc2nc(N)c(C)cc2C2CC2)CC1. The zero-order chi connectivity index (χ0) is 14.8. The second-order valence-corrected chi connectivity index (χ2v) is 6.43. The molecule has 116 valence electrons. The van der Waals surface area contributed by atoms with Gasteiger partial charge in [-0.25, -0.2) is 4.98 Å². The summed E-state index contributed by atoms with van der Waals surface area (Å²) in [5.74, 6) is 1.42. The quantitative estimate of drug-likeness (QED) is 0.905. The smallest absolute Gasteiger partial charge is 0.126 e. The molecule has 2 fully saturated rings. The van der Waals surface area contributed by atoms with Crippen LogP contribution in [0.4, 0.5) is 5.82 Å². The van der Waals surface area contributed by atoms with E-state index in [9.17, 15) is 0 Å². The second-order valence-electron chi connectivity index (χ2n) is 6.43. The molecule has 1 aromatic rings. The molecule has 4 heteroatoms. The molecule has 21 heavy (non-hydrogen) atoms. The second kappa shape index (κ2) is 6.32. The Morgan fingerprint density at radius 1 is 1.29 bits per heavy atom. The van der Waals surface area contributed by atoms with Gasteiger partial charge in [0, 0.05) is 26.2 Å². The van der Waals surface area contributed by atoms with Crippen molar-refractivity contribution in [3.63, 3.8) is 0 Å². The molecule has 0 aromatic carbocycles. The first-order valence-corrected chi connectivity index (χ1v) is 8.27.